The molecule has 0 aliphatic rings. The lowest BCUT2D eigenvalue weighted by Gasteiger charge is -2.27. The van der Waals surface area contributed by atoms with Crippen LogP contribution in [0, 0.1) is 0 Å². The van der Waals surface area contributed by atoms with Crippen LogP contribution in [0.5, 0.6) is 5.75 Å². The quantitative estimate of drug-likeness (QED) is 0.315. The van der Waals surface area contributed by atoms with Crippen molar-refractivity contribution >= 4 is 35.2 Å². The van der Waals surface area contributed by atoms with Crippen LogP contribution in [0.15, 0.2) is 24.3 Å². The molecule has 0 aliphatic heterocycles. The standard InChI is InChI=1S/C22H32N2O7S/c1-21(2,3)30-18(26)15(12-13-8-10-14(25)11-9-13)23-17(32)16(19(27)29-7)24-20(28)31-22(4,5)6/h8-11,15-16,25H,12H2,1-7H3,(H,23,32)(H,24,28)/t15-,16-/m0/s1. The average Bonchev–Trinajstić information content (AvgIpc) is 2.63. The van der Waals surface area contributed by atoms with Gasteiger partial charge in [-0.25, -0.2) is 14.4 Å². The van der Waals surface area contributed by atoms with Crippen LogP contribution in [-0.4, -0.2) is 58.5 Å². The smallest absolute Gasteiger partial charge is 0.408 e. The molecule has 0 saturated heterocycles. The van der Waals surface area contributed by atoms with Crippen molar-refractivity contribution in [2.24, 2.45) is 0 Å². The molecule has 178 valence electrons. The molecule has 0 unspecified atom stereocenters. The molecule has 1 aromatic carbocycles. The maximum absolute atomic E-state index is 12.8. The number of benzene rings is 1. The van der Waals surface area contributed by atoms with Gasteiger partial charge in [0.1, 0.15) is 28.0 Å². The lowest BCUT2D eigenvalue weighted by molar-refractivity contribution is -0.157. The highest BCUT2D eigenvalue weighted by atomic mass is 32.1. The minimum atomic E-state index is -1.38. The van der Waals surface area contributed by atoms with Gasteiger partial charge in [-0.05, 0) is 59.2 Å². The number of hydrogen-bond acceptors (Lipinski definition) is 8. The van der Waals surface area contributed by atoms with Crippen LogP contribution in [0.1, 0.15) is 47.1 Å². The summed E-state index contributed by atoms with van der Waals surface area (Å²) in [4.78, 5) is 37.1. The third-order valence-electron chi connectivity index (χ3n) is 3.74. The number of phenols is 1. The second-order valence-corrected chi connectivity index (χ2v) is 9.51. The number of amides is 1. The third kappa shape index (κ3) is 9.95. The molecular formula is C22H32N2O7S. The number of hydrogen-bond donors (Lipinski definition) is 3. The SMILES string of the molecule is COC(=O)[C@@H](NC(=O)OC(C)(C)C)C(=S)N[C@@H](Cc1ccc(O)cc1)C(=O)OC(C)(C)C. The number of ether oxygens (including phenoxy) is 3. The van der Waals surface area contributed by atoms with Gasteiger partial charge in [0, 0.05) is 6.42 Å². The van der Waals surface area contributed by atoms with Crippen LogP contribution in [0.3, 0.4) is 0 Å². The molecule has 1 amide bonds. The first-order valence-electron chi connectivity index (χ1n) is 10.00. The molecule has 0 saturated carbocycles. The van der Waals surface area contributed by atoms with Crippen molar-refractivity contribution in [2.75, 3.05) is 7.11 Å². The number of carbonyl (C=O) groups is 3. The Bertz CT molecular complexity index is 826. The maximum Gasteiger partial charge on any atom is 0.408 e. The highest BCUT2D eigenvalue weighted by Gasteiger charge is 2.33. The molecule has 1 rings (SSSR count). The zero-order valence-electron chi connectivity index (χ0n) is 19.5. The van der Waals surface area contributed by atoms with E-state index < -0.39 is 41.3 Å². The lowest BCUT2D eigenvalue weighted by atomic mass is 10.0. The monoisotopic (exact) mass is 468 g/mol. The zero-order chi connectivity index (χ0) is 24.7. The van der Waals surface area contributed by atoms with Crippen LogP contribution in [0.2, 0.25) is 0 Å². The van der Waals surface area contributed by atoms with Gasteiger partial charge in [-0.1, -0.05) is 24.4 Å². The molecule has 32 heavy (non-hydrogen) atoms. The molecule has 2 atom stereocenters. The van der Waals surface area contributed by atoms with Crippen LogP contribution >= 0.6 is 12.2 Å². The van der Waals surface area contributed by atoms with E-state index in [0.29, 0.717) is 5.56 Å². The number of phenolic OH excluding ortho intramolecular Hbond substituents is 1. The summed E-state index contributed by atoms with van der Waals surface area (Å²) in [6.45, 7) is 10.2. The van der Waals surface area contributed by atoms with E-state index >= 15 is 0 Å². The summed E-state index contributed by atoms with van der Waals surface area (Å²) in [5.41, 5.74) is -0.842. The second-order valence-electron chi connectivity index (χ2n) is 9.07. The topological polar surface area (TPSA) is 123 Å². The van der Waals surface area contributed by atoms with Crippen molar-refractivity contribution in [2.45, 2.75) is 71.2 Å². The summed E-state index contributed by atoms with van der Waals surface area (Å²) >= 11 is 5.32. The fourth-order valence-corrected chi connectivity index (χ4v) is 2.76. The van der Waals surface area contributed by atoms with Gasteiger partial charge in [-0.3, -0.25) is 0 Å². The Hall–Kier alpha value is -2.88. The summed E-state index contributed by atoms with van der Waals surface area (Å²) in [7, 11) is 1.15. The average molecular weight is 469 g/mol. The van der Waals surface area contributed by atoms with E-state index in [1.165, 1.54) is 12.1 Å². The predicted octanol–water partition coefficient (Wildman–Crippen LogP) is 2.63. The first kappa shape index (κ1) is 27.2. The van der Waals surface area contributed by atoms with Gasteiger partial charge >= 0.3 is 18.0 Å². The third-order valence-corrected chi connectivity index (χ3v) is 4.10. The number of esters is 2. The molecule has 0 radical (unpaired) electrons. The Morgan fingerprint density at radius 1 is 0.938 bits per heavy atom. The van der Waals surface area contributed by atoms with Crippen LogP contribution in [0.4, 0.5) is 4.79 Å². The van der Waals surface area contributed by atoms with Crippen LogP contribution in [0.25, 0.3) is 0 Å². The Kier molecular flexibility index (Phi) is 9.44. The molecule has 0 heterocycles. The van der Waals surface area contributed by atoms with Crippen LogP contribution in [-0.2, 0) is 30.2 Å². The zero-order valence-corrected chi connectivity index (χ0v) is 20.3. The van der Waals surface area contributed by atoms with Crippen molar-refractivity contribution in [1.29, 1.82) is 0 Å². The minimum Gasteiger partial charge on any atom is -0.508 e. The summed E-state index contributed by atoms with van der Waals surface area (Å²) in [5.74, 6) is -1.35. The van der Waals surface area contributed by atoms with Gasteiger partial charge in [0.15, 0.2) is 6.04 Å². The number of carbonyl (C=O) groups excluding carboxylic acids is 3. The Balaban J connectivity index is 3.09. The molecule has 0 aliphatic carbocycles. The van der Waals surface area contributed by atoms with E-state index in [1.807, 2.05) is 0 Å². The van der Waals surface area contributed by atoms with Crippen LogP contribution < -0.4 is 10.6 Å². The normalized spacial score (nSPS) is 13.3. The molecule has 0 aromatic heterocycles. The Morgan fingerprint density at radius 2 is 1.47 bits per heavy atom. The number of alkyl carbamates (subject to hydrolysis) is 1. The van der Waals surface area contributed by atoms with Gasteiger partial charge < -0.3 is 30.0 Å². The van der Waals surface area contributed by atoms with Gasteiger partial charge in [-0.2, -0.15) is 0 Å². The first-order valence-corrected chi connectivity index (χ1v) is 10.4. The highest BCUT2D eigenvalue weighted by molar-refractivity contribution is 7.80. The van der Waals surface area contributed by atoms with E-state index in [-0.39, 0.29) is 17.2 Å². The summed E-state index contributed by atoms with van der Waals surface area (Å²) in [5, 5.41) is 14.7. The second kappa shape index (κ2) is 11.1. The molecular weight excluding hydrogens is 436 g/mol. The molecule has 3 N–H and O–H groups in total. The molecule has 1 aromatic rings. The maximum atomic E-state index is 12.8. The number of aromatic hydroxyl groups is 1. The Labute approximate surface area is 193 Å². The van der Waals surface area contributed by atoms with Gasteiger partial charge in [0.25, 0.3) is 0 Å². The van der Waals surface area contributed by atoms with Crippen molar-refractivity contribution < 1.29 is 33.7 Å². The molecule has 9 nitrogen and oxygen atoms in total. The number of methoxy groups -OCH3 is 1. The highest BCUT2D eigenvalue weighted by Crippen LogP contribution is 2.15. The van der Waals surface area contributed by atoms with E-state index in [9.17, 15) is 19.5 Å². The fraction of sp³-hybridized carbons (Fsp3) is 0.545. The van der Waals surface area contributed by atoms with Crippen molar-refractivity contribution in [3.63, 3.8) is 0 Å². The van der Waals surface area contributed by atoms with Gasteiger partial charge in [0.05, 0.1) is 7.11 Å². The molecule has 10 heteroatoms. The van der Waals surface area contributed by atoms with E-state index in [2.05, 4.69) is 10.6 Å². The molecule has 0 fully saturated rings. The van der Waals surface area contributed by atoms with E-state index in [4.69, 9.17) is 26.4 Å². The fourth-order valence-electron chi connectivity index (χ4n) is 2.46. The minimum absolute atomic E-state index is 0.0818. The van der Waals surface area contributed by atoms with E-state index in [1.54, 1.807) is 53.7 Å². The predicted molar refractivity (Wildman–Crippen MR) is 122 cm³/mol. The van der Waals surface area contributed by atoms with Crippen molar-refractivity contribution in [3.05, 3.63) is 29.8 Å². The first-order chi connectivity index (χ1) is 14.6. The van der Waals surface area contributed by atoms with Gasteiger partial charge in [-0.15, -0.1) is 0 Å². The molecule has 0 bridgehead atoms. The summed E-state index contributed by atoms with van der Waals surface area (Å²) in [6.07, 6.45) is -0.722. The largest absolute Gasteiger partial charge is 0.508 e. The lowest BCUT2D eigenvalue weighted by Crippen LogP contribution is -2.56. The number of nitrogens with one attached hydrogen (secondary N) is 2. The number of thiocarbonyl (C=S) groups is 1. The summed E-state index contributed by atoms with van der Waals surface area (Å²) < 4.78 is 15.4. The molecule has 0 spiro atoms. The van der Waals surface area contributed by atoms with E-state index in [0.717, 1.165) is 7.11 Å². The Morgan fingerprint density at radius 3 is 1.94 bits per heavy atom. The summed E-state index contributed by atoms with van der Waals surface area (Å²) in [6, 6.07) is 3.92. The number of rotatable bonds is 7. The van der Waals surface area contributed by atoms with Crippen molar-refractivity contribution in [1.82, 2.24) is 10.6 Å². The van der Waals surface area contributed by atoms with Crippen molar-refractivity contribution in [3.8, 4) is 5.75 Å². The van der Waals surface area contributed by atoms with Gasteiger partial charge in [0.2, 0.25) is 0 Å².